The number of carbonyl (C=O) groups excluding carboxylic acids is 1. The molecule has 0 radical (unpaired) electrons. The Hall–Kier alpha value is -1.55. The molecule has 1 fully saturated rings. The van der Waals surface area contributed by atoms with Crippen LogP contribution in [0.1, 0.15) is 24.8 Å². The lowest BCUT2D eigenvalue weighted by Crippen LogP contribution is -2.44. The third kappa shape index (κ3) is 7.65. The van der Waals surface area contributed by atoms with E-state index < -0.39 is 0 Å². The molecule has 1 N–H and O–H groups in total. The summed E-state index contributed by atoms with van der Waals surface area (Å²) in [4.78, 5) is 22.8. The molecule has 8 heteroatoms. The number of amides is 1. The molecule has 1 aromatic rings. The fourth-order valence-electron chi connectivity index (χ4n) is 3.62. The molecule has 0 spiro atoms. The number of rotatable bonds is 8. The molecule has 1 amide bonds. The maximum atomic E-state index is 12.3. The number of benzene rings is 1. The summed E-state index contributed by atoms with van der Waals surface area (Å²) < 4.78 is 5.21. The van der Waals surface area contributed by atoms with Crippen molar-refractivity contribution in [2.45, 2.75) is 31.8 Å². The number of hydrogen-bond donors (Lipinski definition) is 1. The SMILES string of the molecule is CN=C(NCCCN1CCCC1C(=O)N(C)C)N(C)Cc1ccc(OC)cc1.I. The van der Waals surface area contributed by atoms with Crippen molar-refractivity contribution in [1.82, 2.24) is 20.0 Å². The first-order valence-corrected chi connectivity index (χ1v) is 9.96. The van der Waals surface area contributed by atoms with Gasteiger partial charge in [-0.15, -0.1) is 24.0 Å². The van der Waals surface area contributed by atoms with E-state index in [1.807, 2.05) is 33.3 Å². The smallest absolute Gasteiger partial charge is 0.239 e. The van der Waals surface area contributed by atoms with Gasteiger partial charge in [-0.3, -0.25) is 14.7 Å². The normalized spacial score (nSPS) is 16.9. The summed E-state index contributed by atoms with van der Waals surface area (Å²) in [7, 11) is 9.19. The molecule has 164 valence electrons. The van der Waals surface area contributed by atoms with Crippen LogP contribution < -0.4 is 10.1 Å². The molecular weight excluding hydrogens is 481 g/mol. The van der Waals surface area contributed by atoms with Crippen molar-refractivity contribution in [2.75, 3.05) is 54.9 Å². The van der Waals surface area contributed by atoms with Crippen LogP contribution in [0.4, 0.5) is 0 Å². The monoisotopic (exact) mass is 517 g/mol. The molecule has 1 aliphatic rings. The second-order valence-corrected chi connectivity index (χ2v) is 7.46. The van der Waals surface area contributed by atoms with Gasteiger partial charge < -0.3 is 19.9 Å². The van der Waals surface area contributed by atoms with Crippen LogP contribution in [-0.4, -0.2) is 87.5 Å². The molecule has 0 saturated carbocycles. The van der Waals surface area contributed by atoms with Crippen molar-refractivity contribution in [3.63, 3.8) is 0 Å². The Labute approximate surface area is 192 Å². The van der Waals surface area contributed by atoms with Gasteiger partial charge in [0.2, 0.25) is 5.91 Å². The molecule has 1 aliphatic heterocycles. The lowest BCUT2D eigenvalue weighted by molar-refractivity contribution is -0.133. The van der Waals surface area contributed by atoms with Crippen LogP contribution in [0.25, 0.3) is 0 Å². The standard InChI is InChI=1S/C21H35N5O2.HI/c1-22-21(25(4)16-17-9-11-18(28-5)12-10-17)23-13-7-15-26-14-6-8-19(26)20(27)24(2)3;/h9-12,19H,6-8,13-16H2,1-5H3,(H,22,23);1H. The number of guanidine groups is 1. The summed E-state index contributed by atoms with van der Waals surface area (Å²) in [6.45, 7) is 3.54. The van der Waals surface area contributed by atoms with Crippen molar-refractivity contribution < 1.29 is 9.53 Å². The van der Waals surface area contributed by atoms with Crippen molar-refractivity contribution in [3.05, 3.63) is 29.8 Å². The van der Waals surface area contributed by atoms with Crippen LogP contribution >= 0.6 is 24.0 Å². The van der Waals surface area contributed by atoms with Crippen LogP contribution in [0.15, 0.2) is 29.3 Å². The van der Waals surface area contributed by atoms with Crippen LogP contribution in [0, 0.1) is 0 Å². The average Bonchev–Trinajstić information content (AvgIpc) is 3.16. The van der Waals surface area contributed by atoms with Gasteiger partial charge in [0.05, 0.1) is 13.2 Å². The maximum absolute atomic E-state index is 12.3. The summed E-state index contributed by atoms with van der Waals surface area (Å²) in [5, 5.41) is 3.43. The van der Waals surface area contributed by atoms with E-state index >= 15 is 0 Å². The number of hydrogen-bond acceptors (Lipinski definition) is 4. The summed E-state index contributed by atoms with van der Waals surface area (Å²) >= 11 is 0. The third-order valence-corrected chi connectivity index (χ3v) is 5.15. The first-order valence-electron chi connectivity index (χ1n) is 9.96. The molecule has 1 saturated heterocycles. The van der Waals surface area contributed by atoms with Crippen molar-refractivity contribution >= 4 is 35.8 Å². The Balaban J connectivity index is 0.00000420. The highest BCUT2D eigenvalue weighted by atomic mass is 127. The Morgan fingerprint density at radius 3 is 2.55 bits per heavy atom. The van der Waals surface area contributed by atoms with E-state index in [1.54, 1.807) is 19.1 Å². The van der Waals surface area contributed by atoms with Crippen molar-refractivity contribution in [3.8, 4) is 5.75 Å². The topological polar surface area (TPSA) is 60.4 Å². The van der Waals surface area contributed by atoms with Gasteiger partial charge in [0, 0.05) is 47.8 Å². The zero-order valence-corrected chi connectivity index (χ0v) is 20.7. The highest BCUT2D eigenvalue weighted by Gasteiger charge is 2.30. The zero-order valence-electron chi connectivity index (χ0n) is 18.4. The number of ether oxygens (including phenoxy) is 1. The van der Waals surface area contributed by atoms with Gasteiger partial charge in [-0.05, 0) is 43.5 Å². The fourth-order valence-corrected chi connectivity index (χ4v) is 3.62. The molecule has 2 rings (SSSR count). The van der Waals surface area contributed by atoms with Gasteiger partial charge >= 0.3 is 0 Å². The van der Waals surface area contributed by atoms with E-state index in [0.29, 0.717) is 0 Å². The molecule has 7 nitrogen and oxygen atoms in total. The Kier molecular flexibility index (Phi) is 11.3. The molecule has 1 aromatic carbocycles. The minimum atomic E-state index is 0. The second-order valence-electron chi connectivity index (χ2n) is 7.46. The number of methoxy groups -OCH3 is 1. The molecule has 29 heavy (non-hydrogen) atoms. The lowest BCUT2D eigenvalue weighted by atomic mass is 10.2. The average molecular weight is 517 g/mol. The largest absolute Gasteiger partial charge is 0.497 e. The molecule has 1 atom stereocenters. The van der Waals surface area contributed by atoms with E-state index in [9.17, 15) is 4.79 Å². The van der Waals surface area contributed by atoms with Crippen molar-refractivity contribution in [2.24, 2.45) is 4.99 Å². The second kappa shape index (κ2) is 12.9. The Bertz CT molecular complexity index is 651. The molecular formula is C21H36IN5O2. The highest BCUT2D eigenvalue weighted by molar-refractivity contribution is 14.0. The Morgan fingerprint density at radius 1 is 1.28 bits per heavy atom. The van der Waals surface area contributed by atoms with Gasteiger partial charge in [-0.2, -0.15) is 0 Å². The fraction of sp³-hybridized carbons (Fsp3) is 0.619. The van der Waals surface area contributed by atoms with E-state index in [4.69, 9.17) is 4.74 Å². The summed E-state index contributed by atoms with van der Waals surface area (Å²) in [6.07, 6.45) is 3.05. The summed E-state index contributed by atoms with van der Waals surface area (Å²) in [5.41, 5.74) is 1.20. The summed E-state index contributed by atoms with van der Waals surface area (Å²) in [5.74, 6) is 1.96. The third-order valence-electron chi connectivity index (χ3n) is 5.15. The van der Waals surface area contributed by atoms with E-state index in [0.717, 1.165) is 57.2 Å². The molecule has 1 heterocycles. The first-order chi connectivity index (χ1) is 13.5. The molecule has 0 aromatic heterocycles. The lowest BCUT2D eigenvalue weighted by Gasteiger charge is -2.26. The predicted octanol–water partition coefficient (Wildman–Crippen LogP) is 2.26. The Morgan fingerprint density at radius 2 is 1.97 bits per heavy atom. The van der Waals surface area contributed by atoms with Crippen LogP contribution in [0.3, 0.4) is 0 Å². The predicted molar refractivity (Wildman–Crippen MR) is 129 cm³/mol. The summed E-state index contributed by atoms with van der Waals surface area (Å²) in [6, 6.07) is 8.13. The zero-order chi connectivity index (χ0) is 20.5. The number of halogens is 1. The minimum Gasteiger partial charge on any atom is -0.497 e. The number of likely N-dealkylation sites (N-methyl/N-ethyl adjacent to an activating group) is 1. The number of likely N-dealkylation sites (tertiary alicyclic amines) is 1. The number of nitrogens with zero attached hydrogens (tertiary/aromatic N) is 4. The van der Waals surface area contributed by atoms with Crippen LogP contribution in [-0.2, 0) is 11.3 Å². The van der Waals surface area contributed by atoms with Gasteiger partial charge in [0.25, 0.3) is 0 Å². The van der Waals surface area contributed by atoms with Crippen LogP contribution in [0.2, 0.25) is 0 Å². The minimum absolute atomic E-state index is 0. The first kappa shape index (κ1) is 25.5. The molecule has 0 bridgehead atoms. The van der Waals surface area contributed by atoms with Gasteiger partial charge in [0.1, 0.15) is 5.75 Å². The molecule has 1 unspecified atom stereocenters. The number of carbonyl (C=O) groups is 1. The van der Waals surface area contributed by atoms with Gasteiger partial charge in [-0.1, -0.05) is 12.1 Å². The van der Waals surface area contributed by atoms with Crippen molar-refractivity contribution in [1.29, 1.82) is 0 Å². The van der Waals surface area contributed by atoms with E-state index in [1.165, 1.54) is 5.56 Å². The molecule has 0 aliphatic carbocycles. The number of aliphatic imine (C=N–C) groups is 1. The van der Waals surface area contributed by atoms with Gasteiger partial charge in [0.15, 0.2) is 5.96 Å². The van der Waals surface area contributed by atoms with Crippen LogP contribution in [0.5, 0.6) is 5.75 Å². The quantitative estimate of drug-likeness (QED) is 0.248. The number of nitrogens with one attached hydrogen (secondary N) is 1. The maximum Gasteiger partial charge on any atom is 0.239 e. The van der Waals surface area contributed by atoms with E-state index in [-0.39, 0.29) is 35.9 Å². The van der Waals surface area contributed by atoms with E-state index in [2.05, 4.69) is 32.2 Å². The van der Waals surface area contributed by atoms with Gasteiger partial charge in [-0.25, -0.2) is 0 Å². The highest BCUT2D eigenvalue weighted by Crippen LogP contribution is 2.18.